The zero-order valence-electron chi connectivity index (χ0n) is 15.5. The van der Waals surface area contributed by atoms with Crippen molar-refractivity contribution in [1.29, 1.82) is 0 Å². The molecule has 0 radical (unpaired) electrons. The number of rotatable bonds is 7. The Bertz CT molecular complexity index is 709. The minimum absolute atomic E-state index is 0.101. The topological polar surface area (TPSA) is 50.4 Å². The first-order valence-corrected chi connectivity index (χ1v) is 9.48. The molecule has 2 aromatic carbocycles. The quantitative estimate of drug-likeness (QED) is 0.781. The van der Waals surface area contributed by atoms with Crippen LogP contribution in [0.2, 0.25) is 0 Å². The number of carbonyl (C=O) groups excluding carboxylic acids is 1. The Labute approximate surface area is 156 Å². The zero-order chi connectivity index (χ0) is 18.2. The van der Waals surface area contributed by atoms with Gasteiger partial charge >= 0.3 is 0 Å². The molecule has 2 N–H and O–H groups in total. The number of amides is 1. The Morgan fingerprint density at radius 1 is 1.15 bits per heavy atom. The van der Waals surface area contributed by atoms with E-state index < -0.39 is 0 Å². The molecule has 0 aliphatic carbocycles. The molecule has 3 rings (SSSR count). The monoisotopic (exact) mass is 352 g/mol. The van der Waals surface area contributed by atoms with Gasteiger partial charge in [-0.15, -0.1) is 0 Å². The van der Waals surface area contributed by atoms with Crippen LogP contribution < -0.4 is 15.4 Å². The summed E-state index contributed by atoms with van der Waals surface area (Å²) < 4.78 is 5.84. The van der Waals surface area contributed by atoms with E-state index in [1.807, 2.05) is 55.5 Å². The predicted octanol–water partition coefficient (Wildman–Crippen LogP) is 4.29. The molecule has 4 heteroatoms. The fourth-order valence-corrected chi connectivity index (χ4v) is 3.33. The van der Waals surface area contributed by atoms with Crippen molar-refractivity contribution in [3.05, 3.63) is 59.7 Å². The highest BCUT2D eigenvalue weighted by molar-refractivity contribution is 5.91. The van der Waals surface area contributed by atoms with Gasteiger partial charge in [-0.25, -0.2) is 0 Å². The highest BCUT2D eigenvalue weighted by Crippen LogP contribution is 2.23. The second-order valence-electron chi connectivity index (χ2n) is 7.03. The van der Waals surface area contributed by atoms with Crippen LogP contribution in [0.4, 0.5) is 5.69 Å². The summed E-state index contributed by atoms with van der Waals surface area (Å²) >= 11 is 0. The molecule has 1 heterocycles. The third-order valence-electron chi connectivity index (χ3n) is 4.96. The van der Waals surface area contributed by atoms with Gasteiger partial charge in [0.15, 0.2) is 0 Å². The maximum Gasteiger partial charge on any atom is 0.224 e. The van der Waals surface area contributed by atoms with E-state index >= 15 is 0 Å². The van der Waals surface area contributed by atoms with Crippen molar-refractivity contribution in [3.8, 4) is 5.75 Å². The van der Waals surface area contributed by atoms with Crippen LogP contribution in [0.1, 0.15) is 36.8 Å². The minimum Gasteiger partial charge on any atom is -0.489 e. The van der Waals surface area contributed by atoms with Crippen LogP contribution in [-0.2, 0) is 11.4 Å². The van der Waals surface area contributed by atoms with E-state index in [1.165, 1.54) is 12.8 Å². The van der Waals surface area contributed by atoms with Gasteiger partial charge in [0.1, 0.15) is 12.4 Å². The van der Waals surface area contributed by atoms with E-state index in [4.69, 9.17) is 4.74 Å². The smallest absolute Gasteiger partial charge is 0.224 e. The molecular formula is C22H28N2O2. The largest absolute Gasteiger partial charge is 0.489 e. The molecule has 0 unspecified atom stereocenters. The van der Waals surface area contributed by atoms with Gasteiger partial charge in [-0.05, 0) is 74.5 Å². The fourth-order valence-electron chi connectivity index (χ4n) is 3.33. The Morgan fingerprint density at radius 3 is 2.65 bits per heavy atom. The number of ether oxygens (including phenoxy) is 1. The van der Waals surface area contributed by atoms with Gasteiger partial charge in [0.2, 0.25) is 5.91 Å². The number of anilines is 1. The van der Waals surface area contributed by atoms with Crippen molar-refractivity contribution in [2.75, 3.05) is 18.4 Å². The van der Waals surface area contributed by atoms with Gasteiger partial charge in [0.25, 0.3) is 0 Å². The molecule has 4 nitrogen and oxygen atoms in total. The molecular weight excluding hydrogens is 324 g/mol. The van der Waals surface area contributed by atoms with Crippen molar-refractivity contribution in [1.82, 2.24) is 5.32 Å². The number of hydrogen-bond donors (Lipinski definition) is 2. The summed E-state index contributed by atoms with van der Waals surface area (Å²) in [6, 6.07) is 15.9. The van der Waals surface area contributed by atoms with E-state index in [9.17, 15) is 4.79 Å². The second-order valence-corrected chi connectivity index (χ2v) is 7.03. The van der Waals surface area contributed by atoms with Gasteiger partial charge < -0.3 is 15.4 Å². The molecule has 1 aliphatic rings. The first-order valence-electron chi connectivity index (χ1n) is 9.48. The van der Waals surface area contributed by atoms with Crippen LogP contribution >= 0.6 is 0 Å². The first kappa shape index (κ1) is 18.5. The summed E-state index contributed by atoms with van der Waals surface area (Å²) in [7, 11) is 0. The number of carbonyl (C=O) groups is 1. The van der Waals surface area contributed by atoms with Gasteiger partial charge in [0, 0.05) is 12.1 Å². The Balaban J connectivity index is 1.48. The molecule has 1 amide bonds. The third-order valence-corrected chi connectivity index (χ3v) is 4.96. The molecule has 1 fully saturated rings. The maximum absolute atomic E-state index is 12.2. The van der Waals surface area contributed by atoms with Crippen molar-refractivity contribution in [2.45, 2.75) is 39.2 Å². The second kappa shape index (κ2) is 9.39. The molecule has 26 heavy (non-hydrogen) atoms. The van der Waals surface area contributed by atoms with Crippen LogP contribution in [0.25, 0.3) is 0 Å². The van der Waals surface area contributed by atoms with Crippen LogP contribution in [0.3, 0.4) is 0 Å². The molecule has 0 atom stereocenters. The van der Waals surface area contributed by atoms with E-state index in [0.29, 0.717) is 18.9 Å². The molecule has 0 spiro atoms. The Hall–Kier alpha value is -2.33. The standard InChI is InChI=1S/C22H28N2O2/c1-17-15-20(26-16-19-5-3-2-4-6-19)8-9-21(17)24-22(25)10-7-18-11-13-23-14-12-18/h2-6,8-9,15,18,23H,7,10-14,16H2,1H3,(H,24,25). The van der Waals surface area contributed by atoms with Crippen molar-refractivity contribution < 1.29 is 9.53 Å². The molecule has 1 saturated heterocycles. The van der Waals surface area contributed by atoms with Gasteiger partial charge in [-0.1, -0.05) is 30.3 Å². The maximum atomic E-state index is 12.2. The summed E-state index contributed by atoms with van der Waals surface area (Å²) in [6.45, 7) is 4.70. The van der Waals surface area contributed by atoms with Crippen LogP contribution in [-0.4, -0.2) is 19.0 Å². The lowest BCUT2D eigenvalue weighted by Crippen LogP contribution is -2.28. The lowest BCUT2D eigenvalue weighted by molar-refractivity contribution is -0.116. The molecule has 1 aliphatic heterocycles. The molecule has 0 aromatic heterocycles. The number of benzene rings is 2. The highest BCUT2D eigenvalue weighted by atomic mass is 16.5. The zero-order valence-corrected chi connectivity index (χ0v) is 15.5. The van der Waals surface area contributed by atoms with Crippen molar-refractivity contribution in [2.24, 2.45) is 5.92 Å². The predicted molar refractivity (Wildman–Crippen MR) is 105 cm³/mol. The highest BCUT2D eigenvalue weighted by Gasteiger charge is 2.15. The van der Waals surface area contributed by atoms with Crippen LogP contribution in [0, 0.1) is 12.8 Å². The Morgan fingerprint density at radius 2 is 1.92 bits per heavy atom. The third kappa shape index (κ3) is 5.60. The average Bonchev–Trinajstić information content (AvgIpc) is 2.68. The number of hydrogen-bond acceptors (Lipinski definition) is 3. The van der Waals surface area contributed by atoms with E-state index in [0.717, 1.165) is 42.1 Å². The fraction of sp³-hybridized carbons (Fsp3) is 0.409. The summed E-state index contributed by atoms with van der Waals surface area (Å²) in [4.78, 5) is 12.2. The van der Waals surface area contributed by atoms with E-state index in [-0.39, 0.29) is 5.91 Å². The molecule has 138 valence electrons. The van der Waals surface area contributed by atoms with Crippen LogP contribution in [0.5, 0.6) is 5.75 Å². The van der Waals surface area contributed by atoms with Gasteiger partial charge in [-0.2, -0.15) is 0 Å². The molecule has 2 aromatic rings. The van der Waals surface area contributed by atoms with Crippen LogP contribution in [0.15, 0.2) is 48.5 Å². The van der Waals surface area contributed by atoms with Crippen molar-refractivity contribution in [3.63, 3.8) is 0 Å². The number of piperidine rings is 1. The average molecular weight is 352 g/mol. The molecule has 0 saturated carbocycles. The Kier molecular flexibility index (Phi) is 6.67. The van der Waals surface area contributed by atoms with Gasteiger partial charge in [-0.3, -0.25) is 4.79 Å². The lowest BCUT2D eigenvalue weighted by atomic mass is 9.93. The summed E-state index contributed by atoms with van der Waals surface area (Å²) in [5.41, 5.74) is 3.03. The molecule has 0 bridgehead atoms. The summed E-state index contributed by atoms with van der Waals surface area (Å²) in [5.74, 6) is 1.60. The van der Waals surface area contributed by atoms with Crippen molar-refractivity contribution >= 4 is 11.6 Å². The summed E-state index contributed by atoms with van der Waals surface area (Å²) in [6.07, 6.45) is 3.93. The number of aryl methyl sites for hydroxylation is 1. The first-order chi connectivity index (χ1) is 12.7. The van der Waals surface area contributed by atoms with E-state index in [1.54, 1.807) is 0 Å². The van der Waals surface area contributed by atoms with E-state index in [2.05, 4.69) is 10.6 Å². The minimum atomic E-state index is 0.101. The number of nitrogens with one attached hydrogen (secondary N) is 2. The lowest BCUT2D eigenvalue weighted by Gasteiger charge is -2.22. The SMILES string of the molecule is Cc1cc(OCc2ccccc2)ccc1NC(=O)CCC1CCNCC1. The van der Waals surface area contributed by atoms with Gasteiger partial charge in [0.05, 0.1) is 0 Å². The normalized spacial score (nSPS) is 14.8. The summed E-state index contributed by atoms with van der Waals surface area (Å²) in [5, 5.41) is 6.40.